The zero-order valence-electron chi connectivity index (χ0n) is 14.1. The molecule has 0 aromatic heterocycles. The molecule has 0 bridgehead atoms. The zero-order valence-corrected chi connectivity index (χ0v) is 16.5. The van der Waals surface area contributed by atoms with Gasteiger partial charge >= 0.3 is 7.60 Å². The molecule has 8 heteroatoms. The van der Waals surface area contributed by atoms with Gasteiger partial charge in [-0.1, -0.05) is 49.2 Å². The van der Waals surface area contributed by atoms with Crippen LogP contribution in [-0.4, -0.2) is 21.7 Å². The predicted octanol–water partition coefficient (Wildman–Crippen LogP) is 5.28. The van der Waals surface area contributed by atoms with Crippen molar-refractivity contribution in [2.24, 2.45) is 5.92 Å². The minimum Gasteiger partial charge on any atom is -0.324 e. The Morgan fingerprint density at radius 2 is 1.62 bits per heavy atom. The van der Waals surface area contributed by atoms with Gasteiger partial charge in [0, 0.05) is 21.5 Å². The van der Waals surface area contributed by atoms with Crippen LogP contribution in [0.3, 0.4) is 0 Å². The van der Waals surface area contributed by atoms with Crippen LogP contribution in [0.2, 0.25) is 10.0 Å². The van der Waals surface area contributed by atoms with Crippen molar-refractivity contribution in [1.82, 2.24) is 0 Å². The van der Waals surface area contributed by atoms with Crippen LogP contribution in [0.4, 0.5) is 4.39 Å². The molecular weight excluding hydrogens is 401 g/mol. The molecule has 0 aliphatic carbocycles. The Labute approximate surface area is 161 Å². The van der Waals surface area contributed by atoms with Crippen LogP contribution in [0.25, 0.3) is 0 Å². The second-order valence-corrected chi connectivity index (χ2v) is 8.83. The van der Waals surface area contributed by atoms with E-state index in [1.807, 2.05) is 13.8 Å². The summed E-state index contributed by atoms with van der Waals surface area (Å²) >= 11 is 12.7. The largest absolute Gasteiger partial charge is 0.333 e. The lowest BCUT2D eigenvalue weighted by atomic mass is 9.82. The summed E-state index contributed by atoms with van der Waals surface area (Å²) in [5.41, 5.74) is 1.44. The lowest BCUT2D eigenvalue weighted by Crippen LogP contribution is -2.12. The molecule has 0 radical (unpaired) electrons. The minimum absolute atomic E-state index is 0.0358. The SMILES string of the molecule is CC(C)C(c1ccc(F)cc1)c1c(Cl)cc(C(=O)CP(=O)(O)O)cc1Cl. The normalized spacial score (nSPS) is 13.1. The van der Waals surface area contributed by atoms with Gasteiger partial charge < -0.3 is 9.79 Å². The molecule has 0 fully saturated rings. The maximum absolute atomic E-state index is 13.2. The molecule has 0 aliphatic rings. The first-order chi connectivity index (χ1) is 12.0. The van der Waals surface area contributed by atoms with Crippen LogP contribution in [0.1, 0.15) is 41.3 Å². The molecule has 0 saturated heterocycles. The average Bonchev–Trinajstić information content (AvgIpc) is 2.49. The van der Waals surface area contributed by atoms with Gasteiger partial charge in [0.1, 0.15) is 12.0 Å². The van der Waals surface area contributed by atoms with E-state index in [0.29, 0.717) is 5.56 Å². The topological polar surface area (TPSA) is 74.6 Å². The Kier molecular flexibility index (Phi) is 6.65. The van der Waals surface area contributed by atoms with E-state index in [-0.39, 0.29) is 33.3 Å². The highest BCUT2D eigenvalue weighted by Crippen LogP contribution is 2.42. The summed E-state index contributed by atoms with van der Waals surface area (Å²) < 4.78 is 24.3. The van der Waals surface area contributed by atoms with Gasteiger partial charge in [-0.15, -0.1) is 0 Å². The predicted molar refractivity (Wildman–Crippen MR) is 101 cm³/mol. The Bertz CT molecular complexity index is 839. The third-order valence-electron chi connectivity index (χ3n) is 3.96. The van der Waals surface area contributed by atoms with Crippen molar-refractivity contribution in [3.8, 4) is 0 Å². The molecule has 1 unspecified atom stereocenters. The number of ketones is 1. The standard InChI is InChI=1S/C18H18Cl2FO4P/c1-10(2)17(11-3-5-13(21)6-4-11)18-14(19)7-12(8-15(18)20)16(22)9-26(23,24)25/h3-8,10,17H,9H2,1-2H3,(H2,23,24,25). The number of Topliss-reactive ketones (excluding diaryl/α,β-unsaturated/α-hetero) is 1. The molecular formula is C18H18Cl2FO4P. The summed E-state index contributed by atoms with van der Waals surface area (Å²) in [4.78, 5) is 30.0. The molecule has 0 saturated carbocycles. The monoisotopic (exact) mass is 418 g/mol. The van der Waals surface area contributed by atoms with Crippen LogP contribution in [-0.2, 0) is 4.57 Å². The summed E-state index contributed by atoms with van der Waals surface area (Å²) in [6.45, 7) is 3.93. The summed E-state index contributed by atoms with van der Waals surface area (Å²) in [5, 5.41) is 0.434. The molecule has 1 atom stereocenters. The van der Waals surface area contributed by atoms with Crippen molar-refractivity contribution in [1.29, 1.82) is 0 Å². The minimum atomic E-state index is -4.49. The number of halogens is 3. The Balaban J connectivity index is 2.49. The Hall–Kier alpha value is -1.23. The Morgan fingerprint density at radius 1 is 1.12 bits per heavy atom. The Morgan fingerprint density at radius 3 is 2.04 bits per heavy atom. The van der Waals surface area contributed by atoms with Gasteiger partial charge in [0.05, 0.1) is 0 Å². The van der Waals surface area contributed by atoms with E-state index in [0.717, 1.165) is 5.56 Å². The fourth-order valence-corrected chi connectivity index (χ4v) is 4.15. The molecule has 0 amide bonds. The first kappa shape index (κ1) is 21.1. The van der Waals surface area contributed by atoms with E-state index in [2.05, 4.69) is 0 Å². The van der Waals surface area contributed by atoms with E-state index in [4.69, 9.17) is 33.0 Å². The molecule has 26 heavy (non-hydrogen) atoms. The highest BCUT2D eigenvalue weighted by molar-refractivity contribution is 7.52. The molecule has 2 aromatic rings. The van der Waals surface area contributed by atoms with E-state index >= 15 is 0 Å². The van der Waals surface area contributed by atoms with Gasteiger partial charge in [0.2, 0.25) is 0 Å². The third-order valence-corrected chi connectivity index (χ3v) is 5.28. The van der Waals surface area contributed by atoms with Crippen molar-refractivity contribution >= 4 is 36.6 Å². The molecule has 0 heterocycles. The summed E-state index contributed by atoms with van der Waals surface area (Å²) in [6.07, 6.45) is -0.912. The zero-order chi connectivity index (χ0) is 19.6. The van der Waals surface area contributed by atoms with Gasteiger partial charge in [-0.2, -0.15) is 0 Å². The third kappa shape index (κ3) is 5.15. The maximum Gasteiger partial charge on any atom is 0.333 e. The number of benzene rings is 2. The average molecular weight is 419 g/mol. The summed E-state index contributed by atoms with van der Waals surface area (Å²) in [7, 11) is -4.49. The number of carbonyl (C=O) groups is 1. The highest BCUT2D eigenvalue weighted by atomic mass is 35.5. The van der Waals surface area contributed by atoms with Crippen molar-refractivity contribution in [3.63, 3.8) is 0 Å². The lowest BCUT2D eigenvalue weighted by Gasteiger charge is -2.25. The first-order valence-electron chi connectivity index (χ1n) is 7.81. The van der Waals surface area contributed by atoms with Gasteiger partial charge in [-0.25, -0.2) is 4.39 Å². The number of carbonyl (C=O) groups excluding carboxylic acids is 1. The first-order valence-corrected chi connectivity index (χ1v) is 10.4. The van der Waals surface area contributed by atoms with Gasteiger partial charge in [-0.3, -0.25) is 9.36 Å². The van der Waals surface area contributed by atoms with E-state index in [9.17, 15) is 13.8 Å². The fourth-order valence-electron chi connectivity index (χ4n) is 2.88. The number of hydrogen-bond donors (Lipinski definition) is 2. The van der Waals surface area contributed by atoms with Crippen molar-refractivity contribution < 1.29 is 23.5 Å². The molecule has 4 nitrogen and oxygen atoms in total. The molecule has 2 rings (SSSR count). The maximum atomic E-state index is 13.2. The van der Waals surface area contributed by atoms with E-state index in [1.165, 1.54) is 24.3 Å². The van der Waals surface area contributed by atoms with Crippen molar-refractivity contribution in [3.05, 3.63) is 69.0 Å². The van der Waals surface area contributed by atoms with E-state index < -0.39 is 19.5 Å². The van der Waals surface area contributed by atoms with Gasteiger partial charge in [0.25, 0.3) is 0 Å². The fraction of sp³-hybridized carbons (Fsp3) is 0.278. The highest BCUT2D eigenvalue weighted by Gasteiger charge is 2.26. The second kappa shape index (κ2) is 8.20. The van der Waals surface area contributed by atoms with Gasteiger partial charge in [0.15, 0.2) is 5.78 Å². The molecule has 2 aromatic carbocycles. The second-order valence-electron chi connectivity index (χ2n) is 6.37. The van der Waals surface area contributed by atoms with Crippen LogP contribution >= 0.6 is 30.8 Å². The summed E-state index contributed by atoms with van der Waals surface area (Å²) in [5.74, 6) is -1.25. The molecule has 140 valence electrons. The van der Waals surface area contributed by atoms with Crippen LogP contribution in [0, 0.1) is 11.7 Å². The summed E-state index contributed by atoms with van der Waals surface area (Å²) in [6, 6.07) is 8.73. The number of rotatable bonds is 6. The van der Waals surface area contributed by atoms with Crippen LogP contribution < -0.4 is 0 Å². The quantitative estimate of drug-likeness (QED) is 0.494. The lowest BCUT2D eigenvalue weighted by molar-refractivity contribution is 0.101. The molecule has 2 N–H and O–H groups in total. The van der Waals surface area contributed by atoms with Crippen LogP contribution in [0.5, 0.6) is 0 Å². The smallest absolute Gasteiger partial charge is 0.324 e. The molecule has 0 aliphatic heterocycles. The molecule has 0 spiro atoms. The van der Waals surface area contributed by atoms with Crippen molar-refractivity contribution in [2.75, 3.05) is 6.16 Å². The van der Waals surface area contributed by atoms with E-state index in [1.54, 1.807) is 12.1 Å². The van der Waals surface area contributed by atoms with Crippen molar-refractivity contribution in [2.45, 2.75) is 19.8 Å². The van der Waals surface area contributed by atoms with Crippen LogP contribution in [0.15, 0.2) is 36.4 Å². The van der Waals surface area contributed by atoms with Gasteiger partial charge in [-0.05, 0) is 41.3 Å². The number of hydrogen-bond acceptors (Lipinski definition) is 2.